The molecule has 0 saturated heterocycles. The highest BCUT2D eigenvalue weighted by Crippen LogP contribution is 2.33. The fourth-order valence-corrected chi connectivity index (χ4v) is 2.93. The Labute approximate surface area is 150 Å². The Morgan fingerprint density at radius 1 is 0.846 bits per heavy atom. The Balaban J connectivity index is 1.88. The summed E-state index contributed by atoms with van der Waals surface area (Å²) in [6.07, 6.45) is 1.96. The average Bonchev–Trinajstić information content (AvgIpc) is 3.11. The van der Waals surface area contributed by atoms with E-state index in [4.69, 9.17) is 9.47 Å². The lowest BCUT2D eigenvalue weighted by Gasteiger charge is -2.09. The van der Waals surface area contributed by atoms with Crippen LogP contribution in [0.3, 0.4) is 0 Å². The van der Waals surface area contributed by atoms with Gasteiger partial charge in [-0.15, -0.1) is 10.2 Å². The maximum Gasteiger partial charge on any atom is 0.172 e. The highest BCUT2D eigenvalue weighted by molar-refractivity contribution is 5.71. The predicted molar refractivity (Wildman–Crippen MR) is 98.6 cm³/mol. The summed E-state index contributed by atoms with van der Waals surface area (Å²) in [6, 6.07) is 16.8. The summed E-state index contributed by atoms with van der Waals surface area (Å²) in [6.45, 7) is 0. The number of methoxy groups -OCH3 is 2. The van der Waals surface area contributed by atoms with Crippen LogP contribution >= 0.6 is 0 Å². The number of hydrogen-bond acceptors (Lipinski definition) is 5. The van der Waals surface area contributed by atoms with Gasteiger partial charge in [-0.2, -0.15) is 0 Å². The molecule has 4 aromatic rings. The van der Waals surface area contributed by atoms with Gasteiger partial charge in [-0.05, 0) is 47.5 Å². The molecule has 0 radical (unpaired) electrons. The molecule has 26 heavy (non-hydrogen) atoms. The van der Waals surface area contributed by atoms with E-state index in [0.29, 0.717) is 11.6 Å². The van der Waals surface area contributed by atoms with Crippen molar-refractivity contribution in [1.29, 1.82) is 0 Å². The maximum absolute atomic E-state index is 9.81. The minimum atomic E-state index is 0.108. The Morgan fingerprint density at radius 3 is 2.42 bits per heavy atom. The molecule has 0 aliphatic carbocycles. The Morgan fingerprint density at radius 2 is 1.62 bits per heavy atom. The molecule has 0 fully saturated rings. The Hall–Kier alpha value is -3.54. The molecule has 0 bridgehead atoms. The predicted octanol–water partition coefficient (Wildman–Crippen LogP) is 3.79. The molecule has 0 atom stereocenters. The molecule has 6 nitrogen and oxygen atoms in total. The molecule has 0 unspecified atom stereocenters. The van der Waals surface area contributed by atoms with Gasteiger partial charge in [0, 0.05) is 6.20 Å². The average molecular weight is 347 g/mol. The minimum Gasteiger partial charge on any atom is -0.504 e. The zero-order chi connectivity index (χ0) is 18.1. The van der Waals surface area contributed by atoms with Crippen LogP contribution in [0.5, 0.6) is 17.2 Å². The van der Waals surface area contributed by atoms with Gasteiger partial charge in [0.2, 0.25) is 0 Å². The van der Waals surface area contributed by atoms with Crippen LogP contribution in [0.25, 0.3) is 28.2 Å². The van der Waals surface area contributed by atoms with Gasteiger partial charge in [0.25, 0.3) is 0 Å². The van der Waals surface area contributed by atoms with Crippen LogP contribution in [0.2, 0.25) is 0 Å². The number of phenolic OH excluding ortho intramolecular Hbond substituents is 1. The third-order valence-electron chi connectivity index (χ3n) is 4.26. The highest BCUT2D eigenvalue weighted by atomic mass is 16.5. The first-order chi connectivity index (χ1) is 12.7. The van der Waals surface area contributed by atoms with Crippen LogP contribution in [0.1, 0.15) is 0 Å². The van der Waals surface area contributed by atoms with Gasteiger partial charge in [-0.3, -0.25) is 4.40 Å². The number of rotatable bonds is 4. The number of pyridine rings is 1. The van der Waals surface area contributed by atoms with Gasteiger partial charge in [-0.25, -0.2) is 0 Å². The molecule has 130 valence electrons. The van der Waals surface area contributed by atoms with Gasteiger partial charge in [0.05, 0.1) is 19.8 Å². The van der Waals surface area contributed by atoms with Crippen molar-refractivity contribution in [2.75, 3.05) is 14.2 Å². The number of ether oxygens (including phenoxy) is 2. The molecular formula is C20H17N3O3. The molecule has 6 heteroatoms. The van der Waals surface area contributed by atoms with Crippen molar-refractivity contribution in [1.82, 2.24) is 14.6 Å². The number of benzene rings is 2. The van der Waals surface area contributed by atoms with Crippen LogP contribution < -0.4 is 9.47 Å². The molecule has 0 amide bonds. The first kappa shape index (κ1) is 16.0. The third kappa shape index (κ3) is 2.61. The molecule has 0 aliphatic heterocycles. The van der Waals surface area contributed by atoms with E-state index in [0.717, 1.165) is 28.1 Å². The number of hydrogen-bond donors (Lipinski definition) is 1. The molecule has 2 heterocycles. The van der Waals surface area contributed by atoms with Crippen LogP contribution in [-0.4, -0.2) is 33.9 Å². The van der Waals surface area contributed by atoms with Gasteiger partial charge in [-0.1, -0.05) is 18.2 Å². The van der Waals surface area contributed by atoms with E-state index in [2.05, 4.69) is 10.2 Å². The molecular weight excluding hydrogens is 330 g/mol. The van der Waals surface area contributed by atoms with Crippen molar-refractivity contribution in [2.24, 2.45) is 0 Å². The molecule has 0 aliphatic rings. The molecule has 4 rings (SSSR count). The lowest BCUT2D eigenvalue weighted by atomic mass is 10.1. The quantitative estimate of drug-likeness (QED) is 0.608. The second-order valence-electron chi connectivity index (χ2n) is 5.76. The fraction of sp³-hybridized carbons (Fsp3) is 0.100. The number of aromatic nitrogens is 3. The van der Waals surface area contributed by atoms with Crippen molar-refractivity contribution < 1.29 is 14.6 Å². The minimum absolute atomic E-state index is 0.108. The Kier molecular flexibility index (Phi) is 3.93. The van der Waals surface area contributed by atoms with E-state index < -0.39 is 0 Å². The standard InChI is InChI=1S/C20H17N3O3/c1-25-17-6-4-3-5-15(17)20-22-21-19-10-8-14(12-23(19)20)13-7-9-16(24)18(11-13)26-2/h3-12,24H,1-2H3. The van der Waals surface area contributed by atoms with Crippen molar-refractivity contribution in [3.05, 3.63) is 60.8 Å². The monoisotopic (exact) mass is 347 g/mol. The van der Waals surface area contributed by atoms with Crippen molar-refractivity contribution >= 4 is 5.65 Å². The second kappa shape index (κ2) is 6.40. The van der Waals surface area contributed by atoms with Gasteiger partial charge < -0.3 is 14.6 Å². The van der Waals surface area contributed by atoms with Gasteiger partial charge >= 0.3 is 0 Å². The van der Waals surface area contributed by atoms with E-state index in [9.17, 15) is 5.11 Å². The normalized spacial score (nSPS) is 10.8. The summed E-state index contributed by atoms with van der Waals surface area (Å²) in [5.74, 6) is 1.97. The van der Waals surface area contributed by atoms with Crippen molar-refractivity contribution in [2.45, 2.75) is 0 Å². The smallest absolute Gasteiger partial charge is 0.172 e. The molecule has 0 spiro atoms. The lowest BCUT2D eigenvalue weighted by molar-refractivity contribution is 0.373. The van der Waals surface area contributed by atoms with Crippen LogP contribution in [0.15, 0.2) is 60.8 Å². The zero-order valence-corrected chi connectivity index (χ0v) is 14.4. The number of nitrogens with zero attached hydrogens (tertiary/aromatic N) is 3. The Bertz CT molecular complexity index is 1090. The number of para-hydroxylation sites is 1. The van der Waals surface area contributed by atoms with E-state index >= 15 is 0 Å². The van der Waals surface area contributed by atoms with Crippen molar-refractivity contribution in [3.63, 3.8) is 0 Å². The summed E-state index contributed by atoms with van der Waals surface area (Å²) in [5.41, 5.74) is 3.47. The summed E-state index contributed by atoms with van der Waals surface area (Å²) < 4.78 is 12.6. The van der Waals surface area contributed by atoms with Crippen molar-refractivity contribution in [3.8, 4) is 39.8 Å². The topological polar surface area (TPSA) is 68.9 Å². The van der Waals surface area contributed by atoms with E-state index in [1.54, 1.807) is 19.2 Å². The number of phenols is 1. The van der Waals surface area contributed by atoms with E-state index in [1.165, 1.54) is 7.11 Å². The number of fused-ring (bicyclic) bond motifs is 1. The first-order valence-corrected chi connectivity index (χ1v) is 8.07. The SMILES string of the molecule is COc1cc(-c2ccc3nnc(-c4ccccc4OC)n3c2)ccc1O. The van der Waals surface area contributed by atoms with E-state index in [-0.39, 0.29) is 5.75 Å². The molecule has 2 aromatic heterocycles. The van der Waals surface area contributed by atoms with Crippen LogP contribution in [0.4, 0.5) is 0 Å². The summed E-state index contributed by atoms with van der Waals surface area (Å²) in [4.78, 5) is 0. The maximum atomic E-state index is 9.81. The number of aromatic hydroxyl groups is 1. The molecule has 0 saturated carbocycles. The third-order valence-corrected chi connectivity index (χ3v) is 4.26. The largest absolute Gasteiger partial charge is 0.504 e. The summed E-state index contributed by atoms with van der Waals surface area (Å²) in [5, 5.41) is 18.4. The zero-order valence-electron chi connectivity index (χ0n) is 14.4. The summed E-state index contributed by atoms with van der Waals surface area (Å²) in [7, 11) is 3.16. The fourth-order valence-electron chi connectivity index (χ4n) is 2.93. The molecule has 1 N–H and O–H groups in total. The van der Waals surface area contributed by atoms with Crippen LogP contribution in [-0.2, 0) is 0 Å². The first-order valence-electron chi connectivity index (χ1n) is 8.07. The van der Waals surface area contributed by atoms with Gasteiger partial charge in [0.1, 0.15) is 5.75 Å². The summed E-state index contributed by atoms with van der Waals surface area (Å²) >= 11 is 0. The van der Waals surface area contributed by atoms with Crippen LogP contribution in [0, 0.1) is 0 Å². The second-order valence-corrected chi connectivity index (χ2v) is 5.76. The molecule has 2 aromatic carbocycles. The van der Waals surface area contributed by atoms with E-state index in [1.807, 2.05) is 53.1 Å². The highest BCUT2D eigenvalue weighted by Gasteiger charge is 2.13. The van der Waals surface area contributed by atoms with Gasteiger partial charge in [0.15, 0.2) is 23.0 Å². The lowest BCUT2D eigenvalue weighted by Crippen LogP contribution is -1.94.